The molecule has 2 aromatic rings. The molecule has 0 aromatic heterocycles. The molecule has 0 saturated carbocycles. The van der Waals surface area contributed by atoms with Gasteiger partial charge in [-0.25, -0.2) is 0 Å². The van der Waals surface area contributed by atoms with Crippen molar-refractivity contribution < 1.29 is 17.9 Å². The smallest absolute Gasteiger partial charge is 0.416 e. The maximum absolute atomic E-state index is 12.9. The zero-order valence-electron chi connectivity index (χ0n) is 12.6. The summed E-state index contributed by atoms with van der Waals surface area (Å²) in [4.78, 5) is 0. The van der Waals surface area contributed by atoms with E-state index in [0.29, 0.717) is 13.2 Å². The number of halogens is 3. The minimum absolute atomic E-state index is 0.202. The number of rotatable bonds is 4. The number of nitrogens with one attached hydrogen (secondary N) is 1. The van der Waals surface area contributed by atoms with Gasteiger partial charge < -0.3 is 10.1 Å². The van der Waals surface area contributed by atoms with Gasteiger partial charge in [0.25, 0.3) is 0 Å². The lowest BCUT2D eigenvalue weighted by atomic mass is 9.96. The molecule has 1 unspecified atom stereocenters. The van der Waals surface area contributed by atoms with Crippen molar-refractivity contribution in [2.24, 2.45) is 5.92 Å². The number of fused-ring (bicyclic) bond motifs is 1. The van der Waals surface area contributed by atoms with Gasteiger partial charge in [0.1, 0.15) is 5.75 Å². The summed E-state index contributed by atoms with van der Waals surface area (Å²) in [6, 6.07) is 13.6. The van der Waals surface area contributed by atoms with Crippen LogP contribution in [-0.2, 0) is 19.1 Å². The Bertz CT molecular complexity index is 669. The monoisotopic (exact) mass is 321 g/mol. The number of benzene rings is 2. The predicted octanol–water partition coefficient (Wildman–Crippen LogP) is 4.05. The first-order valence-corrected chi connectivity index (χ1v) is 7.60. The molecule has 0 amide bonds. The number of hydrogen-bond acceptors (Lipinski definition) is 2. The quantitative estimate of drug-likeness (QED) is 0.917. The zero-order valence-corrected chi connectivity index (χ0v) is 12.6. The first-order valence-electron chi connectivity index (χ1n) is 7.60. The van der Waals surface area contributed by atoms with Crippen LogP contribution in [0.25, 0.3) is 0 Å². The fraction of sp³-hybridized carbons (Fsp3) is 0.333. The maximum atomic E-state index is 12.9. The first kappa shape index (κ1) is 15.9. The summed E-state index contributed by atoms with van der Waals surface area (Å²) in [7, 11) is 0. The molecule has 1 aliphatic rings. The van der Waals surface area contributed by atoms with Crippen molar-refractivity contribution in [3.63, 3.8) is 0 Å². The third-order valence-electron chi connectivity index (χ3n) is 4.03. The van der Waals surface area contributed by atoms with Crippen LogP contribution in [-0.4, -0.2) is 13.2 Å². The maximum Gasteiger partial charge on any atom is 0.416 e. The number of para-hydroxylation sites is 1. The van der Waals surface area contributed by atoms with Gasteiger partial charge in [-0.15, -0.1) is 0 Å². The average Bonchev–Trinajstić information content (AvgIpc) is 2.54. The minimum Gasteiger partial charge on any atom is -0.493 e. The molecule has 2 aromatic carbocycles. The molecule has 23 heavy (non-hydrogen) atoms. The van der Waals surface area contributed by atoms with Gasteiger partial charge in [0, 0.05) is 19.0 Å². The molecular weight excluding hydrogens is 303 g/mol. The van der Waals surface area contributed by atoms with E-state index in [-0.39, 0.29) is 18.0 Å². The third kappa shape index (κ3) is 3.85. The molecule has 0 spiro atoms. The molecule has 3 rings (SSSR count). The predicted molar refractivity (Wildman–Crippen MR) is 82.3 cm³/mol. The van der Waals surface area contributed by atoms with Gasteiger partial charge in [-0.05, 0) is 29.7 Å². The van der Waals surface area contributed by atoms with E-state index in [4.69, 9.17) is 4.74 Å². The fourth-order valence-electron chi connectivity index (χ4n) is 2.88. The van der Waals surface area contributed by atoms with E-state index < -0.39 is 11.7 Å². The molecule has 1 heterocycles. The van der Waals surface area contributed by atoms with Crippen molar-refractivity contribution in [2.45, 2.75) is 19.1 Å². The summed E-state index contributed by atoms with van der Waals surface area (Å²) < 4.78 is 44.5. The van der Waals surface area contributed by atoms with Crippen molar-refractivity contribution in [2.75, 3.05) is 13.2 Å². The third-order valence-corrected chi connectivity index (χ3v) is 4.03. The summed E-state index contributed by atoms with van der Waals surface area (Å²) >= 11 is 0. The van der Waals surface area contributed by atoms with Crippen LogP contribution in [0.2, 0.25) is 0 Å². The Kier molecular flexibility index (Phi) is 4.57. The van der Waals surface area contributed by atoms with Gasteiger partial charge >= 0.3 is 6.18 Å². The number of alkyl halides is 3. The zero-order chi connectivity index (χ0) is 16.3. The van der Waals surface area contributed by atoms with Crippen LogP contribution in [0, 0.1) is 5.92 Å². The highest BCUT2D eigenvalue weighted by molar-refractivity contribution is 5.35. The molecule has 0 aliphatic carbocycles. The molecule has 2 nitrogen and oxygen atoms in total. The van der Waals surface area contributed by atoms with Crippen molar-refractivity contribution in [3.8, 4) is 5.75 Å². The van der Waals surface area contributed by atoms with E-state index in [1.54, 1.807) is 6.07 Å². The summed E-state index contributed by atoms with van der Waals surface area (Å²) in [6.07, 6.45) is -3.44. The van der Waals surface area contributed by atoms with Crippen molar-refractivity contribution in [1.82, 2.24) is 5.32 Å². The van der Waals surface area contributed by atoms with E-state index in [1.165, 1.54) is 12.1 Å². The molecule has 0 saturated heterocycles. The van der Waals surface area contributed by atoms with Crippen molar-refractivity contribution in [1.29, 1.82) is 0 Å². The Morgan fingerprint density at radius 1 is 1.04 bits per heavy atom. The second-order valence-corrected chi connectivity index (χ2v) is 5.77. The average molecular weight is 321 g/mol. The van der Waals surface area contributed by atoms with E-state index >= 15 is 0 Å². The molecule has 5 heteroatoms. The van der Waals surface area contributed by atoms with Gasteiger partial charge in [0.2, 0.25) is 0 Å². The fourth-order valence-corrected chi connectivity index (χ4v) is 2.88. The standard InChI is InChI=1S/C18H18F3NO/c19-18(20,21)16-7-3-1-6-15(16)11-22-10-13-9-14-5-2-4-8-17(14)23-12-13/h1-8,13,22H,9-12H2. The first-order chi connectivity index (χ1) is 11.0. The lowest BCUT2D eigenvalue weighted by molar-refractivity contribution is -0.138. The van der Waals surface area contributed by atoms with Crippen LogP contribution in [0.5, 0.6) is 5.75 Å². The van der Waals surface area contributed by atoms with Gasteiger partial charge in [0.05, 0.1) is 12.2 Å². The topological polar surface area (TPSA) is 21.3 Å². The van der Waals surface area contributed by atoms with Crippen LogP contribution >= 0.6 is 0 Å². The van der Waals surface area contributed by atoms with Crippen LogP contribution in [0.3, 0.4) is 0 Å². The van der Waals surface area contributed by atoms with Gasteiger partial charge in [-0.3, -0.25) is 0 Å². The Morgan fingerprint density at radius 2 is 1.78 bits per heavy atom. The normalized spacial score (nSPS) is 17.4. The van der Waals surface area contributed by atoms with E-state index in [0.717, 1.165) is 23.8 Å². The Balaban J connectivity index is 1.57. The molecule has 0 fully saturated rings. The van der Waals surface area contributed by atoms with Crippen molar-refractivity contribution in [3.05, 3.63) is 65.2 Å². The highest BCUT2D eigenvalue weighted by atomic mass is 19.4. The highest BCUT2D eigenvalue weighted by Crippen LogP contribution is 2.32. The molecule has 1 N–H and O–H groups in total. The van der Waals surface area contributed by atoms with E-state index in [1.807, 2.05) is 24.3 Å². The van der Waals surface area contributed by atoms with Crippen LogP contribution in [0.4, 0.5) is 13.2 Å². The molecule has 1 atom stereocenters. The van der Waals surface area contributed by atoms with E-state index in [9.17, 15) is 13.2 Å². The second kappa shape index (κ2) is 6.62. The lowest BCUT2D eigenvalue weighted by Crippen LogP contribution is -2.31. The summed E-state index contributed by atoms with van der Waals surface area (Å²) in [6.45, 7) is 1.42. The molecule has 0 radical (unpaired) electrons. The van der Waals surface area contributed by atoms with Gasteiger partial charge in [-0.2, -0.15) is 13.2 Å². The van der Waals surface area contributed by atoms with E-state index in [2.05, 4.69) is 5.32 Å². The highest BCUT2D eigenvalue weighted by Gasteiger charge is 2.32. The minimum atomic E-state index is -4.31. The van der Waals surface area contributed by atoms with Gasteiger partial charge in [0.15, 0.2) is 0 Å². The van der Waals surface area contributed by atoms with Crippen LogP contribution in [0.1, 0.15) is 16.7 Å². The Labute approximate surface area is 133 Å². The molecule has 1 aliphatic heterocycles. The molecular formula is C18H18F3NO. The largest absolute Gasteiger partial charge is 0.493 e. The summed E-state index contributed by atoms with van der Waals surface area (Å²) in [5.74, 6) is 1.18. The Hall–Kier alpha value is -2.01. The number of ether oxygens (including phenoxy) is 1. The van der Waals surface area contributed by atoms with Crippen LogP contribution < -0.4 is 10.1 Å². The van der Waals surface area contributed by atoms with Gasteiger partial charge in [-0.1, -0.05) is 36.4 Å². The SMILES string of the molecule is FC(F)(F)c1ccccc1CNCC1COc2ccccc2C1. The summed E-state index contributed by atoms with van der Waals surface area (Å²) in [5, 5.41) is 3.13. The molecule has 0 bridgehead atoms. The lowest BCUT2D eigenvalue weighted by Gasteiger charge is -2.25. The Morgan fingerprint density at radius 3 is 2.61 bits per heavy atom. The number of hydrogen-bond donors (Lipinski definition) is 1. The summed E-state index contributed by atoms with van der Waals surface area (Å²) in [5.41, 5.74) is 0.858. The molecule has 122 valence electrons. The van der Waals surface area contributed by atoms with Crippen molar-refractivity contribution >= 4 is 0 Å². The second-order valence-electron chi connectivity index (χ2n) is 5.77. The van der Waals surface area contributed by atoms with Crippen LogP contribution in [0.15, 0.2) is 48.5 Å².